The average Bonchev–Trinajstić information content (AvgIpc) is 3.16. The number of non-ortho nitro benzene ring substituents is 1. The summed E-state index contributed by atoms with van der Waals surface area (Å²) in [5.41, 5.74) is -0.0550. The largest absolute Gasteiger partial charge is 0.456 e. The number of thiophene rings is 1. The third-order valence-corrected chi connectivity index (χ3v) is 4.34. The SMILES string of the molecule is O=C(COC(=O)CCNC(=O)c1cccs1)Nc1ccc([N+](=O)[O-])cc1Cl. The first-order valence-corrected chi connectivity index (χ1v) is 8.83. The van der Waals surface area contributed by atoms with Crippen molar-refractivity contribution in [2.75, 3.05) is 18.5 Å². The zero-order valence-corrected chi connectivity index (χ0v) is 15.3. The van der Waals surface area contributed by atoms with Crippen LogP contribution in [-0.2, 0) is 14.3 Å². The first-order valence-electron chi connectivity index (χ1n) is 7.58. The van der Waals surface area contributed by atoms with E-state index in [1.165, 1.54) is 23.5 Å². The fourth-order valence-electron chi connectivity index (χ4n) is 1.90. The van der Waals surface area contributed by atoms with Gasteiger partial charge < -0.3 is 15.4 Å². The molecule has 0 unspecified atom stereocenters. The molecule has 0 spiro atoms. The predicted octanol–water partition coefficient (Wildman–Crippen LogP) is 2.61. The van der Waals surface area contributed by atoms with E-state index >= 15 is 0 Å². The van der Waals surface area contributed by atoms with Gasteiger partial charge in [-0.1, -0.05) is 17.7 Å². The molecule has 142 valence electrons. The van der Waals surface area contributed by atoms with Crippen LogP contribution in [0.1, 0.15) is 16.1 Å². The molecular formula is C16H14ClN3O6S. The first kappa shape index (κ1) is 20.3. The molecule has 0 radical (unpaired) electrons. The molecule has 27 heavy (non-hydrogen) atoms. The van der Waals surface area contributed by atoms with E-state index in [4.69, 9.17) is 16.3 Å². The third-order valence-electron chi connectivity index (χ3n) is 3.16. The Kier molecular flexibility index (Phi) is 7.26. The molecule has 1 heterocycles. The van der Waals surface area contributed by atoms with Crippen molar-refractivity contribution < 1.29 is 24.0 Å². The Balaban J connectivity index is 1.71. The van der Waals surface area contributed by atoms with E-state index in [1.807, 2.05) is 0 Å². The Labute approximate surface area is 162 Å². The number of hydrogen-bond acceptors (Lipinski definition) is 7. The van der Waals surface area contributed by atoms with E-state index in [9.17, 15) is 24.5 Å². The molecule has 0 fully saturated rings. The van der Waals surface area contributed by atoms with Crippen molar-refractivity contribution in [1.82, 2.24) is 5.32 Å². The number of carbonyl (C=O) groups excluding carboxylic acids is 3. The second-order valence-corrected chi connectivity index (χ2v) is 6.47. The van der Waals surface area contributed by atoms with Gasteiger partial charge in [0.25, 0.3) is 17.5 Å². The molecule has 0 saturated heterocycles. The average molecular weight is 412 g/mol. The van der Waals surface area contributed by atoms with Gasteiger partial charge in [-0.15, -0.1) is 11.3 Å². The maximum Gasteiger partial charge on any atom is 0.308 e. The Morgan fingerprint density at radius 3 is 2.67 bits per heavy atom. The highest BCUT2D eigenvalue weighted by atomic mass is 35.5. The van der Waals surface area contributed by atoms with Crippen molar-refractivity contribution >= 4 is 52.1 Å². The van der Waals surface area contributed by atoms with Gasteiger partial charge in [-0.25, -0.2) is 0 Å². The molecule has 1 aromatic carbocycles. The summed E-state index contributed by atoms with van der Waals surface area (Å²) in [6.45, 7) is -0.476. The fourth-order valence-corrected chi connectivity index (χ4v) is 2.76. The molecule has 1 aromatic heterocycles. The summed E-state index contributed by atoms with van der Waals surface area (Å²) in [4.78, 5) is 45.6. The van der Waals surface area contributed by atoms with Gasteiger partial charge in [0.1, 0.15) is 0 Å². The summed E-state index contributed by atoms with van der Waals surface area (Å²) in [7, 11) is 0. The molecule has 0 bridgehead atoms. The van der Waals surface area contributed by atoms with Crippen LogP contribution in [0.2, 0.25) is 5.02 Å². The van der Waals surface area contributed by atoms with Gasteiger partial charge in [-0.05, 0) is 17.5 Å². The monoisotopic (exact) mass is 411 g/mol. The van der Waals surface area contributed by atoms with Gasteiger partial charge in [0.05, 0.1) is 26.9 Å². The van der Waals surface area contributed by atoms with Gasteiger partial charge in [0.2, 0.25) is 0 Å². The number of amides is 2. The Bertz CT molecular complexity index is 856. The number of hydrogen-bond donors (Lipinski definition) is 2. The lowest BCUT2D eigenvalue weighted by Crippen LogP contribution is -2.27. The molecule has 2 N–H and O–H groups in total. The number of ether oxygens (including phenoxy) is 1. The molecule has 11 heteroatoms. The van der Waals surface area contributed by atoms with Crippen LogP contribution in [0.3, 0.4) is 0 Å². The van der Waals surface area contributed by atoms with Crippen molar-refractivity contribution in [3.05, 3.63) is 55.7 Å². The van der Waals surface area contributed by atoms with Crippen LogP contribution < -0.4 is 10.6 Å². The maximum absolute atomic E-state index is 11.8. The van der Waals surface area contributed by atoms with Gasteiger partial charge in [-0.2, -0.15) is 0 Å². The normalized spacial score (nSPS) is 10.1. The van der Waals surface area contributed by atoms with Crippen LogP contribution in [0, 0.1) is 10.1 Å². The van der Waals surface area contributed by atoms with Gasteiger partial charge in [-0.3, -0.25) is 24.5 Å². The highest BCUT2D eigenvalue weighted by Crippen LogP contribution is 2.26. The molecule has 0 aliphatic heterocycles. The number of nitrogens with zero attached hydrogens (tertiary/aromatic N) is 1. The molecule has 0 atom stereocenters. The minimum absolute atomic E-state index is 0.0137. The summed E-state index contributed by atoms with van der Waals surface area (Å²) in [5.74, 6) is -1.60. The zero-order valence-electron chi connectivity index (χ0n) is 13.8. The van der Waals surface area contributed by atoms with Gasteiger partial charge in [0.15, 0.2) is 6.61 Å². The Morgan fingerprint density at radius 2 is 2.04 bits per heavy atom. The predicted molar refractivity (Wildman–Crippen MR) is 99.0 cm³/mol. The van der Waals surface area contributed by atoms with Crippen LogP contribution in [0.5, 0.6) is 0 Å². The van der Waals surface area contributed by atoms with E-state index in [1.54, 1.807) is 17.5 Å². The number of nitro benzene ring substituents is 1. The van der Waals surface area contributed by atoms with Gasteiger partial charge in [0, 0.05) is 18.7 Å². The van der Waals surface area contributed by atoms with Crippen molar-refractivity contribution in [3.8, 4) is 0 Å². The zero-order chi connectivity index (χ0) is 19.8. The summed E-state index contributed by atoms with van der Waals surface area (Å²) >= 11 is 7.13. The summed E-state index contributed by atoms with van der Waals surface area (Å²) in [6.07, 6.45) is -0.0946. The van der Waals surface area contributed by atoms with Crippen LogP contribution in [0.4, 0.5) is 11.4 Å². The summed E-state index contributed by atoms with van der Waals surface area (Å²) < 4.78 is 4.80. The van der Waals surface area contributed by atoms with Crippen molar-refractivity contribution in [3.63, 3.8) is 0 Å². The number of carbonyl (C=O) groups is 3. The lowest BCUT2D eigenvalue weighted by atomic mass is 10.3. The smallest absolute Gasteiger partial charge is 0.308 e. The molecular weight excluding hydrogens is 398 g/mol. The molecule has 0 saturated carbocycles. The standard InChI is InChI=1S/C16H14ClN3O6S/c17-11-8-10(20(24)25)3-4-12(11)19-14(21)9-26-15(22)5-6-18-16(23)13-2-1-7-27-13/h1-4,7-8H,5-6,9H2,(H,18,23)(H,19,21). The number of esters is 1. The van der Waals surface area contributed by atoms with Crippen LogP contribution >= 0.6 is 22.9 Å². The van der Waals surface area contributed by atoms with Crippen molar-refractivity contribution in [1.29, 1.82) is 0 Å². The van der Waals surface area contributed by atoms with Crippen LogP contribution in [0.15, 0.2) is 35.7 Å². The van der Waals surface area contributed by atoms with E-state index in [0.717, 1.165) is 6.07 Å². The fraction of sp³-hybridized carbons (Fsp3) is 0.188. The van der Waals surface area contributed by atoms with Crippen molar-refractivity contribution in [2.45, 2.75) is 6.42 Å². The topological polar surface area (TPSA) is 128 Å². The lowest BCUT2D eigenvalue weighted by molar-refractivity contribution is -0.384. The number of nitro groups is 1. The molecule has 2 aromatic rings. The summed E-state index contributed by atoms with van der Waals surface area (Å²) in [5, 5.41) is 17.3. The lowest BCUT2D eigenvalue weighted by Gasteiger charge is -2.08. The quantitative estimate of drug-likeness (QED) is 0.390. The molecule has 2 amide bonds. The second kappa shape index (κ2) is 9.64. The maximum atomic E-state index is 11.8. The molecule has 0 aliphatic carbocycles. The molecule has 0 aliphatic rings. The molecule has 9 nitrogen and oxygen atoms in total. The van der Waals surface area contributed by atoms with Gasteiger partial charge >= 0.3 is 5.97 Å². The Morgan fingerprint density at radius 1 is 1.26 bits per heavy atom. The highest BCUT2D eigenvalue weighted by Gasteiger charge is 2.13. The van der Waals surface area contributed by atoms with Crippen LogP contribution in [-0.4, -0.2) is 35.9 Å². The minimum atomic E-state index is -0.661. The second-order valence-electron chi connectivity index (χ2n) is 5.11. The van der Waals surface area contributed by atoms with E-state index in [0.29, 0.717) is 4.88 Å². The minimum Gasteiger partial charge on any atom is -0.456 e. The van der Waals surface area contributed by atoms with Crippen LogP contribution in [0.25, 0.3) is 0 Å². The number of benzene rings is 1. The van der Waals surface area contributed by atoms with E-state index in [2.05, 4.69) is 10.6 Å². The van der Waals surface area contributed by atoms with E-state index < -0.39 is 23.4 Å². The highest BCUT2D eigenvalue weighted by molar-refractivity contribution is 7.12. The number of nitrogens with one attached hydrogen (secondary N) is 2. The number of halogens is 1. The third kappa shape index (κ3) is 6.35. The Hall–Kier alpha value is -2.98. The van der Waals surface area contributed by atoms with Crippen molar-refractivity contribution in [2.24, 2.45) is 0 Å². The summed E-state index contributed by atoms with van der Waals surface area (Å²) in [6, 6.07) is 6.96. The van der Waals surface area contributed by atoms with E-state index in [-0.39, 0.29) is 35.3 Å². The number of anilines is 1. The number of rotatable bonds is 8. The first-order chi connectivity index (χ1) is 12.9. The molecule has 2 rings (SSSR count).